The summed E-state index contributed by atoms with van der Waals surface area (Å²) in [5.74, 6) is 2.76. The van der Waals surface area contributed by atoms with Gasteiger partial charge in [-0.15, -0.1) is 0 Å². The second-order valence-corrected chi connectivity index (χ2v) is 9.64. The van der Waals surface area contributed by atoms with Gasteiger partial charge in [-0.3, -0.25) is 0 Å². The molecule has 10 heteroatoms. The lowest BCUT2D eigenvalue weighted by atomic mass is 9.80. The van der Waals surface area contributed by atoms with Crippen molar-refractivity contribution in [2.75, 3.05) is 5.32 Å². The number of hydrogen-bond acceptors (Lipinski definition) is 6. The van der Waals surface area contributed by atoms with Crippen molar-refractivity contribution in [3.05, 3.63) is 71.0 Å². The molecule has 0 bridgehead atoms. The first-order valence-corrected chi connectivity index (χ1v) is 12.6. The lowest BCUT2D eigenvalue weighted by Gasteiger charge is -2.32. The van der Waals surface area contributed by atoms with E-state index in [1.807, 2.05) is 16.7 Å². The van der Waals surface area contributed by atoms with Crippen molar-refractivity contribution in [2.24, 2.45) is 5.92 Å². The summed E-state index contributed by atoms with van der Waals surface area (Å²) in [6.07, 6.45) is 6.71. The van der Waals surface area contributed by atoms with Gasteiger partial charge in [0.05, 0.1) is 11.3 Å². The lowest BCUT2D eigenvalue weighted by molar-refractivity contribution is -0.137. The van der Waals surface area contributed by atoms with Crippen LogP contribution in [0.1, 0.15) is 61.8 Å². The molecule has 1 saturated carbocycles. The van der Waals surface area contributed by atoms with Crippen LogP contribution in [0.4, 0.5) is 19.0 Å². The number of rotatable bonds is 9. The molecule has 0 amide bonds. The summed E-state index contributed by atoms with van der Waals surface area (Å²) in [4.78, 5) is 13.7. The summed E-state index contributed by atoms with van der Waals surface area (Å²) in [6.45, 7) is 2.21. The standard InChI is InChI=1S/C27H30F3N5O2/c1-17(19-6-5-7-19)31-25-24-26(33-22(15-36)32-25)34-23(16-37-21-8-3-2-4-9-21)35(24)14-18-10-12-20(13-11-18)27(28,29)30/h2-3,8,10-13,17,19,36H,4-7,9,14-16H2,1H3,(H,31,32,33). The van der Waals surface area contributed by atoms with E-state index in [-0.39, 0.29) is 31.6 Å². The summed E-state index contributed by atoms with van der Waals surface area (Å²) in [5.41, 5.74) is 1.03. The molecule has 2 heterocycles. The van der Waals surface area contributed by atoms with Gasteiger partial charge in [0.2, 0.25) is 0 Å². The highest BCUT2D eigenvalue weighted by Crippen LogP contribution is 2.33. The van der Waals surface area contributed by atoms with E-state index < -0.39 is 11.7 Å². The molecule has 2 aromatic heterocycles. The molecule has 1 aromatic carbocycles. The molecular formula is C27H30F3N5O2. The minimum atomic E-state index is -4.40. The lowest BCUT2D eigenvalue weighted by Crippen LogP contribution is -2.31. The van der Waals surface area contributed by atoms with E-state index in [9.17, 15) is 18.3 Å². The summed E-state index contributed by atoms with van der Waals surface area (Å²) >= 11 is 0. The first-order valence-electron chi connectivity index (χ1n) is 12.6. The van der Waals surface area contributed by atoms with Gasteiger partial charge >= 0.3 is 6.18 Å². The molecule has 1 atom stereocenters. The van der Waals surface area contributed by atoms with E-state index in [1.165, 1.54) is 18.6 Å². The number of allylic oxidation sites excluding steroid dienone is 4. The van der Waals surface area contributed by atoms with Crippen LogP contribution in [0.15, 0.2) is 48.3 Å². The zero-order chi connectivity index (χ0) is 26.0. The van der Waals surface area contributed by atoms with Gasteiger partial charge in [0, 0.05) is 19.0 Å². The monoisotopic (exact) mass is 513 g/mol. The molecule has 0 spiro atoms. The highest BCUT2D eigenvalue weighted by atomic mass is 19.4. The third kappa shape index (κ3) is 5.64. The number of nitrogens with one attached hydrogen (secondary N) is 1. The number of imidazole rings is 1. The van der Waals surface area contributed by atoms with Crippen molar-refractivity contribution in [1.29, 1.82) is 0 Å². The zero-order valence-electron chi connectivity index (χ0n) is 20.6. The fraction of sp³-hybridized carbons (Fsp3) is 0.444. The fourth-order valence-electron chi connectivity index (χ4n) is 4.69. The van der Waals surface area contributed by atoms with Crippen molar-refractivity contribution < 1.29 is 23.0 Å². The minimum absolute atomic E-state index is 0.159. The maximum Gasteiger partial charge on any atom is 0.416 e. The smallest absolute Gasteiger partial charge is 0.416 e. The van der Waals surface area contributed by atoms with Crippen LogP contribution in [0.5, 0.6) is 0 Å². The molecule has 37 heavy (non-hydrogen) atoms. The summed E-state index contributed by atoms with van der Waals surface area (Å²) in [5, 5.41) is 13.3. The van der Waals surface area contributed by atoms with Crippen LogP contribution in [0.25, 0.3) is 11.2 Å². The van der Waals surface area contributed by atoms with Crippen molar-refractivity contribution in [3.8, 4) is 0 Å². The number of aromatic nitrogens is 4. The van der Waals surface area contributed by atoms with Crippen LogP contribution in [0.3, 0.4) is 0 Å². The molecule has 0 saturated heterocycles. The third-order valence-corrected chi connectivity index (χ3v) is 7.08. The molecule has 0 radical (unpaired) electrons. The number of aliphatic hydroxyl groups is 1. The molecule has 3 aromatic rings. The molecule has 196 valence electrons. The first kappa shape index (κ1) is 25.3. The largest absolute Gasteiger partial charge is 0.490 e. The third-order valence-electron chi connectivity index (χ3n) is 7.08. The Kier molecular flexibility index (Phi) is 7.19. The van der Waals surface area contributed by atoms with Gasteiger partial charge in [0.15, 0.2) is 17.3 Å². The number of benzene rings is 1. The molecule has 5 rings (SSSR count). The number of ether oxygens (including phenoxy) is 1. The maximum absolute atomic E-state index is 13.1. The van der Waals surface area contributed by atoms with Crippen molar-refractivity contribution >= 4 is 17.0 Å². The van der Waals surface area contributed by atoms with Gasteiger partial charge in [-0.25, -0.2) is 15.0 Å². The predicted octanol–water partition coefficient (Wildman–Crippen LogP) is 5.74. The average Bonchev–Trinajstić information content (AvgIpc) is 3.19. The maximum atomic E-state index is 13.1. The highest BCUT2D eigenvalue weighted by molar-refractivity contribution is 5.84. The van der Waals surface area contributed by atoms with Crippen molar-refractivity contribution in [1.82, 2.24) is 19.5 Å². The summed E-state index contributed by atoms with van der Waals surface area (Å²) < 4.78 is 47.3. The van der Waals surface area contributed by atoms with E-state index in [2.05, 4.69) is 28.3 Å². The van der Waals surface area contributed by atoms with Gasteiger partial charge in [0.1, 0.15) is 24.6 Å². The summed E-state index contributed by atoms with van der Waals surface area (Å²) in [6, 6.07) is 5.28. The molecule has 1 unspecified atom stereocenters. The Morgan fingerprint density at radius 3 is 2.57 bits per heavy atom. The summed E-state index contributed by atoms with van der Waals surface area (Å²) in [7, 11) is 0. The number of alkyl halides is 3. The molecule has 7 nitrogen and oxygen atoms in total. The number of hydrogen-bond donors (Lipinski definition) is 2. The second kappa shape index (κ2) is 10.5. The van der Waals surface area contributed by atoms with Crippen LogP contribution < -0.4 is 5.32 Å². The van der Waals surface area contributed by atoms with Crippen molar-refractivity contribution in [2.45, 2.75) is 71.0 Å². The Morgan fingerprint density at radius 1 is 1.16 bits per heavy atom. The SMILES string of the molecule is CC(Nc1nc(CO)nc2nc(COC3=CC=CCC3)n(Cc3ccc(C(F)(F)F)cc3)c12)C1CCC1. The van der Waals surface area contributed by atoms with Crippen LogP contribution in [-0.4, -0.2) is 30.7 Å². The van der Waals surface area contributed by atoms with Gasteiger partial charge in [-0.2, -0.15) is 13.2 Å². The van der Waals surface area contributed by atoms with Crippen LogP contribution in [0, 0.1) is 5.92 Å². The van der Waals surface area contributed by atoms with Gasteiger partial charge in [-0.05, 0) is 55.9 Å². The van der Waals surface area contributed by atoms with E-state index >= 15 is 0 Å². The van der Waals surface area contributed by atoms with Gasteiger partial charge in [0.25, 0.3) is 0 Å². The van der Waals surface area contributed by atoms with Gasteiger partial charge < -0.3 is 19.7 Å². The Hall–Kier alpha value is -3.40. The first-order chi connectivity index (χ1) is 17.8. The van der Waals surface area contributed by atoms with Crippen LogP contribution in [-0.2, 0) is 30.7 Å². The minimum Gasteiger partial charge on any atom is -0.490 e. The Balaban J connectivity index is 1.54. The normalized spacial score (nSPS) is 16.9. The molecule has 2 aliphatic rings. The fourth-order valence-corrected chi connectivity index (χ4v) is 4.69. The van der Waals surface area contributed by atoms with Gasteiger partial charge in [-0.1, -0.05) is 30.7 Å². The molecule has 1 fully saturated rings. The van der Waals surface area contributed by atoms with Crippen molar-refractivity contribution in [3.63, 3.8) is 0 Å². The van der Waals surface area contributed by atoms with E-state index in [0.717, 1.165) is 43.6 Å². The molecule has 2 aliphatic carbocycles. The van der Waals surface area contributed by atoms with Crippen LogP contribution in [0.2, 0.25) is 0 Å². The van der Waals surface area contributed by atoms with E-state index in [1.54, 1.807) is 0 Å². The Bertz CT molecular complexity index is 1310. The predicted molar refractivity (Wildman–Crippen MR) is 133 cm³/mol. The second-order valence-electron chi connectivity index (χ2n) is 9.64. The average molecular weight is 514 g/mol. The number of nitrogens with zero attached hydrogens (tertiary/aromatic N) is 4. The van der Waals surface area contributed by atoms with E-state index in [4.69, 9.17) is 9.72 Å². The number of anilines is 1. The highest BCUT2D eigenvalue weighted by Gasteiger charge is 2.30. The quantitative estimate of drug-likeness (QED) is 0.380. The molecule has 2 N–H and O–H groups in total. The topological polar surface area (TPSA) is 85.1 Å². The Morgan fingerprint density at radius 2 is 1.95 bits per heavy atom. The number of fused-ring (bicyclic) bond motifs is 1. The zero-order valence-corrected chi connectivity index (χ0v) is 20.6. The Labute approximate surface area is 213 Å². The molecular weight excluding hydrogens is 483 g/mol. The number of halogens is 3. The molecule has 0 aliphatic heterocycles. The van der Waals surface area contributed by atoms with Crippen LogP contribution >= 0.6 is 0 Å². The van der Waals surface area contributed by atoms with E-state index in [0.29, 0.717) is 34.3 Å². The number of aliphatic hydroxyl groups excluding tert-OH is 1.